The SMILES string of the molecule is CN1C(=O)[C@H]2C=C[C@H]1[C@H]1C(=O)N(Cc3ccccc3)C(=O)[C@@H]12. The van der Waals surface area contributed by atoms with Gasteiger partial charge in [-0.1, -0.05) is 42.5 Å². The molecular weight excluding hydrogens is 280 g/mol. The van der Waals surface area contributed by atoms with E-state index in [-0.39, 0.29) is 30.3 Å². The molecule has 112 valence electrons. The van der Waals surface area contributed by atoms with Crippen molar-refractivity contribution in [1.82, 2.24) is 9.80 Å². The molecule has 1 aromatic rings. The van der Waals surface area contributed by atoms with Gasteiger partial charge < -0.3 is 4.90 Å². The second-order valence-corrected chi connectivity index (χ2v) is 6.15. The minimum atomic E-state index is -0.519. The number of nitrogens with zero attached hydrogens (tertiary/aromatic N) is 2. The third-order valence-corrected chi connectivity index (χ3v) is 5.02. The van der Waals surface area contributed by atoms with Crippen molar-refractivity contribution in [2.24, 2.45) is 17.8 Å². The summed E-state index contributed by atoms with van der Waals surface area (Å²) in [4.78, 5) is 40.6. The Kier molecular flexibility index (Phi) is 2.73. The quantitative estimate of drug-likeness (QED) is 0.599. The molecule has 0 N–H and O–H groups in total. The maximum atomic E-state index is 12.7. The highest BCUT2D eigenvalue weighted by molar-refractivity contribution is 6.09. The van der Waals surface area contributed by atoms with Gasteiger partial charge in [0.2, 0.25) is 17.7 Å². The van der Waals surface area contributed by atoms with Gasteiger partial charge in [0, 0.05) is 7.05 Å². The monoisotopic (exact) mass is 296 g/mol. The van der Waals surface area contributed by atoms with Crippen molar-refractivity contribution in [3.63, 3.8) is 0 Å². The van der Waals surface area contributed by atoms with Crippen LogP contribution in [0, 0.1) is 17.8 Å². The summed E-state index contributed by atoms with van der Waals surface area (Å²) >= 11 is 0. The maximum Gasteiger partial charge on any atom is 0.235 e. The summed E-state index contributed by atoms with van der Waals surface area (Å²) < 4.78 is 0. The van der Waals surface area contributed by atoms with Gasteiger partial charge in [0.15, 0.2) is 0 Å². The summed E-state index contributed by atoms with van der Waals surface area (Å²) in [6.07, 6.45) is 3.69. The number of piperidine rings is 1. The lowest BCUT2D eigenvalue weighted by Gasteiger charge is -2.44. The van der Waals surface area contributed by atoms with Gasteiger partial charge in [-0.05, 0) is 5.56 Å². The van der Waals surface area contributed by atoms with Crippen molar-refractivity contribution in [2.75, 3.05) is 7.05 Å². The van der Waals surface area contributed by atoms with Gasteiger partial charge in [-0.25, -0.2) is 0 Å². The zero-order chi connectivity index (χ0) is 15.4. The van der Waals surface area contributed by atoms with E-state index in [2.05, 4.69) is 0 Å². The van der Waals surface area contributed by atoms with E-state index in [1.165, 1.54) is 4.90 Å². The second-order valence-electron chi connectivity index (χ2n) is 6.15. The van der Waals surface area contributed by atoms with Crippen LogP contribution in [-0.4, -0.2) is 40.6 Å². The van der Waals surface area contributed by atoms with Crippen molar-refractivity contribution >= 4 is 17.7 Å². The normalized spacial score (nSPS) is 32.9. The van der Waals surface area contributed by atoms with E-state index in [1.54, 1.807) is 18.0 Å². The molecule has 1 aromatic carbocycles. The van der Waals surface area contributed by atoms with E-state index >= 15 is 0 Å². The van der Waals surface area contributed by atoms with E-state index < -0.39 is 17.8 Å². The number of imide groups is 1. The zero-order valence-electron chi connectivity index (χ0n) is 12.2. The third kappa shape index (κ3) is 1.62. The molecule has 2 saturated heterocycles. The van der Waals surface area contributed by atoms with Gasteiger partial charge >= 0.3 is 0 Å². The maximum absolute atomic E-state index is 12.7. The number of hydrogen-bond acceptors (Lipinski definition) is 3. The average Bonchev–Trinajstić information content (AvgIpc) is 2.79. The Labute approximate surface area is 128 Å². The summed E-state index contributed by atoms with van der Waals surface area (Å²) in [5.41, 5.74) is 0.919. The van der Waals surface area contributed by atoms with Crippen LogP contribution in [0.3, 0.4) is 0 Å². The highest BCUT2D eigenvalue weighted by Crippen LogP contribution is 2.45. The van der Waals surface area contributed by atoms with Crippen molar-refractivity contribution < 1.29 is 14.4 Å². The topological polar surface area (TPSA) is 57.7 Å². The fraction of sp³-hybridized carbons (Fsp3) is 0.353. The highest BCUT2D eigenvalue weighted by atomic mass is 16.2. The number of likely N-dealkylation sites (N-methyl/N-ethyl adjacent to an activating group) is 1. The summed E-state index contributed by atoms with van der Waals surface area (Å²) in [6, 6.07) is 9.17. The fourth-order valence-corrected chi connectivity index (χ4v) is 3.89. The van der Waals surface area contributed by atoms with Crippen LogP contribution in [0.4, 0.5) is 0 Å². The van der Waals surface area contributed by atoms with E-state index in [9.17, 15) is 14.4 Å². The predicted octanol–water partition coefficient (Wildman–Crippen LogP) is 0.814. The third-order valence-electron chi connectivity index (χ3n) is 5.02. The van der Waals surface area contributed by atoms with Gasteiger partial charge in [-0.2, -0.15) is 0 Å². The Morgan fingerprint density at radius 2 is 1.59 bits per heavy atom. The molecule has 0 saturated carbocycles. The number of carbonyl (C=O) groups is 3. The van der Waals surface area contributed by atoms with Crippen LogP contribution >= 0.6 is 0 Å². The lowest BCUT2D eigenvalue weighted by Crippen LogP contribution is -2.57. The van der Waals surface area contributed by atoms with Gasteiger partial charge in [-0.3, -0.25) is 19.3 Å². The molecule has 4 atom stereocenters. The van der Waals surface area contributed by atoms with Crippen LogP contribution in [-0.2, 0) is 20.9 Å². The molecule has 3 aliphatic heterocycles. The average molecular weight is 296 g/mol. The molecule has 5 nitrogen and oxygen atoms in total. The molecule has 0 unspecified atom stereocenters. The molecule has 0 spiro atoms. The largest absolute Gasteiger partial charge is 0.338 e. The van der Waals surface area contributed by atoms with Crippen molar-refractivity contribution in [3.05, 3.63) is 48.0 Å². The minimum Gasteiger partial charge on any atom is -0.338 e. The number of carbonyl (C=O) groups excluding carboxylic acids is 3. The summed E-state index contributed by atoms with van der Waals surface area (Å²) in [5, 5.41) is 0. The van der Waals surface area contributed by atoms with Crippen LogP contribution in [0.25, 0.3) is 0 Å². The molecule has 0 aromatic heterocycles. The number of benzene rings is 1. The predicted molar refractivity (Wildman–Crippen MR) is 78.2 cm³/mol. The van der Waals surface area contributed by atoms with E-state index in [0.717, 1.165) is 5.56 Å². The van der Waals surface area contributed by atoms with Gasteiger partial charge in [0.25, 0.3) is 0 Å². The Morgan fingerprint density at radius 3 is 2.32 bits per heavy atom. The summed E-state index contributed by atoms with van der Waals surface area (Å²) in [7, 11) is 1.71. The summed E-state index contributed by atoms with van der Waals surface area (Å²) in [5.74, 6) is -1.85. The van der Waals surface area contributed by atoms with E-state index in [4.69, 9.17) is 0 Å². The molecule has 2 fully saturated rings. The van der Waals surface area contributed by atoms with Gasteiger partial charge in [0.05, 0.1) is 30.3 Å². The minimum absolute atomic E-state index is 0.0588. The fourth-order valence-electron chi connectivity index (χ4n) is 3.89. The van der Waals surface area contributed by atoms with Crippen molar-refractivity contribution in [3.8, 4) is 0 Å². The molecule has 4 aliphatic rings. The van der Waals surface area contributed by atoms with Crippen LogP contribution in [0.2, 0.25) is 0 Å². The lowest BCUT2D eigenvalue weighted by molar-refractivity contribution is -0.148. The molecule has 1 aliphatic carbocycles. The van der Waals surface area contributed by atoms with Crippen molar-refractivity contribution in [2.45, 2.75) is 12.6 Å². The smallest absolute Gasteiger partial charge is 0.235 e. The Morgan fingerprint density at radius 1 is 0.909 bits per heavy atom. The first kappa shape index (κ1) is 13.2. The first-order valence-electron chi connectivity index (χ1n) is 7.44. The van der Waals surface area contributed by atoms with Crippen LogP contribution in [0.1, 0.15) is 5.56 Å². The van der Waals surface area contributed by atoms with Gasteiger partial charge in [0.1, 0.15) is 0 Å². The van der Waals surface area contributed by atoms with E-state index in [1.807, 2.05) is 36.4 Å². The Hall–Kier alpha value is -2.43. The van der Waals surface area contributed by atoms with Crippen LogP contribution < -0.4 is 0 Å². The Balaban J connectivity index is 1.68. The van der Waals surface area contributed by atoms with Gasteiger partial charge in [-0.15, -0.1) is 0 Å². The van der Waals surface area contributed by atoms with Crippen LogP contribution in [0.15, 0.2) is 42.5 Å². The molecule has 5 rings (SSSR count). The molecule has 3 heterocycles. The highest BCUT2D eigenvalue weighted by Gasteiger charge is 2.60. The number of fused-ring (bicyclic) bond motifs is 1. The number of hydrogen-bond donors (Lipinski definition) is 0. The number of amides is 3. The van der Waals surface area contributed by atoms with E-state index in [0.29, 0.717) is 0 Å². The molecule has 5 heteroatoms. The molecule has 0 radical (unpaired) electrons. The lowest BCUT2D eigenvalue weighted by atomic mass is 9.70. The first-order chi connectivity index (χ1) is 10.6. The molecule has 3 amide bonds. The number of likely N-dealkylation sites (tertiary alicyclic amines) is 1. The number of rotatable bonds is 2. The standard InChI is InChI=1S/C17H16N2O3/c1-18-12-8-7-11(15(18)20)13-14(12)17(22)19(16(13)21)9-10-5-3-2-4-6-10/h2-8,11-14H,9H2,1H3/t11-,12-,13+,14+/m0/s1. The Bertz CT molecular complexity index is 697. The first-order valence-corrected chi connectivity index (χ1v) is 7.44. The zero-order valence-corrected chi connectivity index (χ0v) is 12.2. The molecule has 22 heavy (non-hydrogen) atoms. The molecule has 2 bridgehead atoms. The summed E-state index contributed by atoms with van der Waals surface area (Å²) in [6.45, 7) is 0.281. The van der Waals surface area contributed by atoms with Crippen LogP contribution in [0.5, 0.6) is 0 Å². The second kappa shape index (κ2) is 4.53. The van der Waals surface area contributed by atoms with Crippen molar-refractivity contribution in [1.29, 1.82) is 0 Å². The molecular formula is C17H16N2O3.